The van der Waals surface area contributed by atoms with Crippen LogP contribution in [-0.2, 0) is 12.7 Å². The Morgan fingerprint density at radius 2 is 1.90 bits per heavy atom. The van der Waals surface area contributed by atoms with Crippen LogP contribution < -0.4 is 0 Å². The smallest absolute Gasteiger partial charge is 0.418 e. The molecule has 0 fully saturated rings. The number of aromatic carboxylic acids is 1. The lowest BCUT2D eigenvalue weighted by Gasteiger charge is -2.06. The fourth-order valence-electron chi connectivity index (χ4n) is 1.84. The van der Waals surface area contributed by atoms with Crippen molar-refractivity contribution in [1.29, 1.82) is 0 Å². The maximum absolute atomic E-state index is 12.8. The van der Waals surface area contributed by atoms with E-state index < -0.39 is 23.3 Å². The second-order valence-electron chi connectivity index (χ2n) is 4.30. The monoisotopic (exact) mass is 337 g/mol. The van der Waals surface area contributed by atoms with E-state index >= 15 is 0 Å². The molecule has 2 rings (SSSR count). The van der Waals surface area contributed by atoms with Gasteiger partial charge in [-0.15, -0.1) is 0 Å². The van der Waals surface area contributed by atoms with Gasteiger partial charge >= 0.3 is 12.1 Å². The van der Waals surface area contributed by atoms with Crippen LogP contribution in [0.25, 0.3) is 0 Å². The lowest BCUT2D eigenvalue weighted by atomic mass is 10.2. The zero-order valence-corrected chi connectivity index (χ0v) is 11.8. The Hall–Kier alpha value is -1.66. The van der Waals surface area contributed by atoms with E-state index in [1.807, 2.05) is 0 Å². The molecule has 0 atom stereocenters. The molecule has 1 heterocycles. The highest BCUT2D eigenvalue weighted by Gasteiger charge is 2.37. The molecule has 0 unspecified atom stereocenters. The number of carboxylic acid groups (broad SMARTS) is 1. The van der Waals surface area contributed by atoms with Crippen LogP contribution in [0.1, 0.15) is 21.5 Å². The molecule has 0 radical (unpaired) electrons. The van der Waals surface area contributed by atoms with Gasteiger partial charge in [0.15, 0.2) is 0 Å². The Kier molecular flexibility index (Phi) is 4.20. The van der Waals surface area contributed by atoms with Gasteiger partial charge in [0.25, 0.3) is 0 Å². The van der Waals surface area contributed by atoms with Gasteiger partial charge in [-0.25, -0.2) is 4.79 Å². The number of aromatic nitrogens is 1. The molecule has 0 aliphatic carbocycles. The van der Waals surface area contributed by atoms with Crippen LogP contribution in [0.2, 0.25) is 10.0 Å². The summed E-state index contributed by atoms with van der Waals surface area (Å²) in [6, 6.07) is 4.58. The van der Waals surface area contributed by atoms with Crippen molar-refractivity contribution in [3.05, 3.63) is 57.3 Å². The van der Waals surface area contributed by atoms with E-state index in [0.29, 0.717) is 15.6 Å². The highest BCUT2D eigenvalue weighted by Crippen LogP contribution is 2.33. The van der Waals surface area contributed by atoms with Crippen molar-refractivity contribution in [2.24, 2.45) is 0 Å². The van der Waals surface area contributed by atoms with E-state index in [-0.39, 0.29) is 6.54 Å². The lowest BCUT2D eigenvalue weighted by molar-refractivity contribution is -0.138. The maximum Gasteiger partial charge on any atom is 0.418 e. The highest BCUT2D eigenvalue weighted by atomic mass is 35.5. The number of rotatable bonds is 3. The van der Waals surface area contributed by atoms with Crippen molar-refractivity contribution in [3.8, 4) is 0 Å². The van der Waals surface area contributed by atoms with Gasteiger partial charge in [-0.1, -0.05) is 29.3 Å². The van der Waals surface area contributed by atoms with Gasteiger partial charge in [-0.2, -0.15) is 13.2 Å². The first-order chi connectivity index (χ1) is 9.68. The summed E-state index contributed by atoms with van der Waals surface area (Å²) in [4.78, 5) is 10.9. The number of halogens is 5. The molecule has 112 valence electrons. The topological polar surface area (TPSA) is 42.2 Å². The summed E-state index contributed by atoms with van der Waals surface area (Å²) < 4.78 is 39.4. The lowest BCUT2D eigenvalue weighted by Crippen LogP contribution is -2.09. The summed E-state index contributed by atoms with van der Waals surface area (Å²) in [6.45, 7) is 0.00631. The minimum atomic E-state index is -4.73. The van der Waals surface area contributed by atoms with E-state index in [2.05, 4.69) is 0 Å². The Labute approximate surface area is 127 Å². The summed E-state index contributed by atoms with van der Waals surface area (Å²) in [7, 11) is 0. The predicted molar refractivity (Wildman–Crippen MR) is 72.0 cm³/mol. The third kappa shape index (κ3) is 3.51. The van der Waals surface area contributed by atoms with Crippen LogP contribution in [0, 0.1) is 0 Å². The predicted octanol–water partition coefficient (Wildman–Crippen LogP) is 4.56. The van der Waals surface area contributed by atoms with Crippen molar-refractivity contribution >= 4 is 29.2 Å². The standard InChI is InChI=1S/C13H8Cl2F3NO2/c14-8-2-1-7(11(15)3-8)4-19-5-9(12(20)21)10(6-19)13(16,17)18/h1-3,5-6H,4H2,(H,20,21). The van der Waals surface area contributed by atoms with Crippen molar-refractivity contribution in [2.45, 2.75) is 12.7 Å². The Morgan fingerprint density at radius 1 is 1.24 bits per heavy atom. The van der Waals surface area contributed by atoms with Gasteiger partial charge < -0.3 is 9.67 Å². The average Bonchev–Trinajstić information content (AvgIpc) is 2.77. The number of hydrogen-bond acceptors (Lipinski definition) is 1. The SMILES string of the molecule is O=C(O)c1cn(Cc2ccc(Cl)cc2Cl)cc1C(F)(F)F. The number of carboxylic acids is 1. The molecule has 1 aromatic carbocycles. The summed E-state index contributed by atoms with van der Waals surface area (Å²) in [5.41, 5.74) is -1.46. The number of nitrogens with zero attached hydrogens (tertiary/aromatic N) is 1. The summed E-state index contributed by atoms with van der Waals surface area (Å²) in [5, 5.41) is 9.54. The van der Waals surface area contributed by atoms with Gasteiger partial charge in [0, 0.05) is 29.0 Å². The minimum Gasteiger partial charge on any atom is -0.478 e. The van der Waals surface area contributed by atoms with E-state index in [9.17, 15) is 18.0 Å². The first-order valence-electron chi connectivity index (χ1n) is 5.62. The Morgan fingerprint density at radius 3 is 2.38 bits per heavy atom. The first kappa shape index (κ1) is 15.7. The number of hydrogen-bond donors (Lipinski definition) is 1. The summed E-state index contributed by atoms with van der Waals surface area (Å²) >= 11 is 11.7. The Balaban J connectivity index is 2.39. The molecule has 8 heteroatoms. The van der Waals surface area contributed by atoms with Crippen LogP contribution in [0.3, 0.4) is 0 Å². The number of carbonyl (C=O) groups is 1. The molecule has 0 saturated carbocycles. The normalized spacial score (nSPS) is 11.7. The molecule has 0 saturated heterocycles. The zero-order valence-electron chi connectivity index (χ0n) is 10.3. The first-order valence-corrected chi connectivity index (χ1v) is 6.38. The molecule has 21 heavy (non-hydrogen) atoms. The molecule has 2 aromatic rings. The summed E-state index contributed by atoms with van der Waals surface area (Å²) in [5.74, 6) is -1.64. The molecule has 1 N–H and O–H groups in total. The fourth-order valence-corrected chi connectivity index (χ4v) is 2.31. The molecule has 3 nitrogen and oxygen atoms in total. The van der Waals surface area contributed by atoms with Crippen LogP contribution in [0.15, 0.2) is 30.6 Å². The molecule has 0 amide bonds. The van der Waals surface area contributed by atoms with Gasteiger partial charge in [-0.3, -0.25) is 0 Å². The van der Waals surface area contributed by atoms with Crippen LogP contribution in [-0.4, -0.2) is 15.6 Å². The van der Waals surface area contributed by atoms with Crippen LogP contribution in [0.5, 0.6) is 0 Å². The van der Waals surface area contributed by atoms with Crippen LogP contribution >= 0.6 is 23.2 Å². The van der Waals surface area contributed by atoms with Crippen molar-refractivity contribution in [2.75, 3.05) is 0 Å². The molecule has 1 aromatic heterocycles. The molecule has 0 aliphatic rings. The molecule has 0 spiro atoms. The third-order valence-corrected chi connectivity index (χ3v) is 3.37. The fraction of sp³-hybridized carbons (Fsp3) is 0.154. The van der Waals surface area contributed by atoms with E-state index in [4.69, 9.17) is 28.3 Å². The molecule has 0 aliphatic heterocycles. The average molecular weight is 338 g/mol. The largest absolute Gasteiger partial charge is 0.478 e. The quantitative estimate of drug-likeness (QED) is 0.891. The minimum absolute atomic E-state index is 0.00631. The zero-order chi connectivity index (χ0) is 15.8. The van der Waals surface area contributed by atoms with E-state index in [1.165, 1.54) is 6.07 Å². The molecular formula is C13H8Cl2F3NO2. The maximum atomic E-state index is 12.8. The van der Waals surface area contributed by atoms with E-state index in [1.54, 1.807) is 12.1 Å². The highest BCUT2D eigenvalue weighted by molar-refractivity contribution is 6.35. The van der Waals surface area contributed by atoms with Gasteiger partial charge in [-0.05, 0) is 17.7 Å². The summed E-state index contributed by atoms with van der Waals surface area (Å²) in [6.07, 6.45) is -3.06. The van der Waals surface area contributed by atoms with Crippen molar-refractivity contribution in [3.63, 3.8) is 0 Å². The second-order valence-corrected chi connectivity index (χ2v) is 5.14. The van der Waals surface area contributed by atoms with Gasteiger partial charge in [0.1, 0.15) is 0 Å². The Bertz CT molecular complexity index is 695. The number of benzene rings is 1. The molecular weight excluding hydrogens is 330 g/mol. The van der Waals surface area contributed by atoms with Crippen molar-refractivity contribution in [1.82, 2.24) is 4.57 Å². The van der Waals surface area contributed by atoms with Crippen molar-refractivity contribution < 1.29 is 23.1 Å². The van der Waals surface area contributed by atoms with Gasteiger partial charge in [0.05, 0.1) is 11.1 Å². The van der Waals surface area contributed by atoms with E-state index in [0.717, 1.165) is 17.0 Å². The number of alkyl halides is 3. The van der Waals surface area contributed by atoms with Crippen LogP contribution in [0.4, 0.5) is 13.2 Å². The second kappa shape index (κ2) is 5.61. The molecule has 0 bridgehead atoms. The third-order valence-electron chi connectivity index (χ3n) is 2.78. The van der Waals surface area contributed by atoms with Gasteiger partial charge in [0.2, 0.25) is 0 Å².